The van der Waals surface area contributed by atoms with Crippen LogP contribution < -0.4 is 5.32 Å². The van der Waals surface area contributed by atoms with Crippen molar-refractivity contribution in [2.75, 3.05) is 5.32 Å². The largest absolute Gasteiger partial charge is 0.324 e. The normalized spacial score (nSPS) is 10.8. The van der Waals surface area contributed by atoms with E-state index < -0.39 is 4.92 Å². The van der Waals surface area contributed by atoms with Crippen LogP contribution in [0.2, 0.25) is 0 Å². The number of nitro benzene ring substituents is 1. The highest BCUT2D eigenvalue weighted by molar-refractivity contribution is 6.12. The molecule has 8 nitrogen and oxygen atoms in total. The standard InChI is InChI=1S/C25H17N5O3/c31-24(29-25-26-15-23(28-25)17-10-12-18(13-11-17)30(32)33)20-14-22(16-6-2-1-3-7-16)27-21-9-5-4-8-19(20)21/h1-15H,(H2,26,28,29,31). The number of imidazole rings is 1. The molecule has 0 aliphatic carbocycles. The number of hydrogen-bond acceptors (Lipinski definition) is 5. The van der Waals surface area contributed by atoms with Crippen molar-refractivity contribution >= 4 is 28.4 Å². The Balaban J connectivity index is 1.46. The predicted octanol–water partition coefficient (Wildman–Crippen LogP) is 5.45. The number of amides is 1. The second-order valence-electron chi connectivity index (χ2n) is 7.34. The Morgan fingerprint density at radius 2 is 1.64 bits per heavy atom. The molecule has 5 aromatic rings. The summed E-state index contributed by atoms with van der Waals surface area (Å²) in [5.41, 5.74) is 4.16. The lowest BCUT2D eigenvalue weighted by Gasteiger charge is -2.09. The van der Waals surface area contributed by atoms with Gasteiger partial charge in [0.2, 0.25) is 5.95 Å². The van der Waals surface area contributed by atoms with Crippen molar-refractivity contribution in [2.24, 2.45) is 0 Å². The maximum Gasteiger partial charge on any atom is 0.269 e. The first-order chi connectivity index (χ1) is 16.1. The molecule has 0 aliphatic rings. The SMILES string of the molecule is O=C(Nc1ncc(-c2ccc([N+](=O)[O-])cc2)[nH]1)c1cc(-c2ccccc2)nc2ccccc12. The minimum Gasteiger partial charge on any atom is -0.324 e. The van der Waals surface area contributed by atoms with Crippen molar-refractivity contribution < 1.29 is 9.72 Å². The molecule has 5 rings (SSSR count). The fourth-order valence-corrected chi connectivity index (χ4v) is 3.59. The fraction of sp³-hybridized carbons (Fsp3) is 0. The van der Waals surface area contributed by atoms with E-state index >= 15 is 0 Å². The summed E-state index contributed by atoms with van der Waals surface area (Å²) in [4.78, 5) is 35.6. The van der Waals surface area contributed by atoms with E-state index in [4.69, 9.17) is 4.98 Å². The Kier molecular flexibility index (Phi) is 5.08. The van der Waals surface area contributed by atoms with E-state index in [0.717, 1.165) is 16.5 Å². The first-order valence-corrected chi connectivity index (χ1v) is 10.1. The van der Waals surface area contributed by atoms with Gasteiger partial charge in [-0.3, -0.25) is 20.2 Å². The minimum absolute atomic E-state index is 0.00516. The maximum absolute atomic E-state index is 13.2. The number of nitrogens with one attached hydrogen (secondary N) is 2. The van der Waals surface area contributed by atoms with Gasteiger partial charge in [0.25, 0.3) is 11.6 Å². The third-order valence-electron chi connectivity index (χ3n) is 5.23. The van der Waals surface area contributed by atoms with E-state index in [1.807, 2.05) is 54.6 Å². The van der Waals surface area contributed by atoms with Crippen molar-refractivity contribution in [1.82, 2.24) is 15.0 Å². The Labute approximate surface area is 188 Å². The number of pyridine rings is 1. The highest BCUT2D eigenvalue weighted by Crippen LogP contribution is 2.26. The number of aromatic nitrogens is 3. The molecule has 0 atom stereocenters. The van der Waals surface area contributed by atoms with Crippen LogP contribution in [0.1, 0.15) is 10.4 Å². The summed E-state index contributed by atoms with van der Waals surface area (Å²) in [6.07, 6.45) is 1.57. The van der Waals surface area contributed by atoms with Gasteiger partial charge in [0.1, 0.15) is 0 Å². The molecular weight excluding hydrogens is 418 g/mol. The van der Waals surface area contributed by atoms with Gasteiger partial charge in [-0.25, -0.2) is 9.97 Å². The van der Waals surface area contributed by atoms with E-state index in [1.54, 1.807) is 24.4 Å². The molecule has 160 valence electrons. The fourth-order valence-electron chi connectivity index (χ4n) is 3.59. The van der Waals surface area contributed by atoms with Crippen molar-refractivity contribution in [3.63, 3.8) is 0 Å². The van der Waals surface area contributed by atoms with Crippen LogP contribution in [0.5, 0.6) is 0 Å². The van der Waals surface area contributed by atoms with Crippen LogP contribution in [-0.4, -0.2) is 25.8 Å². The molecule has 0 fully saturated rings. The molecule has 0 radical (unpaired) electrons. The van der Waals surface area contributed by atoms with Gasteiger partial charge >= 0.3 is 0 Å². The Hall–Kier alpha value is -4.85. The molecule has 1 amide bonds. The number of H-pyrrole nitrogens is 1. The predicted molar refractivity (Wildman–Crippen MR) is 126 cm³/mol. The third kappa shape index (κ3) is 4.05. The highest BCUT2D eigenvalue weighted by Gasteiger charge is 2.16. The van der Waals surface area contributed by atoms with Crippen LogP contribution >= 0.6 is 0 Å². The lowest BCUT2D eigenvalue weighted by molar-refractivity contribution is -0.384. The van der Waals surface area contributed by atoms with Crippen LogP contribution in [0.3, 0.4) is 0 Å². The number of carbonyl (C=O) groups excluding carboxylic acids is 1. The summed E-state index contributed by atoms with van der Waals surface area (Å²) < 4.78 is 0. The number of hydrogen-bond donors (Lipinski definition) is 2. The minimum atomic E-state index is -0.453. The van der Waals surface area contributed by atoms with E-state index in [9.17, 15) is 14.9 Å². The van der Waals surface area contributed by atoms with Crippen LogP contribution in [0.4, 0.5) is 11.6 Å². The van der Waals surface area contributed by atoms with Crippen LogP contribution in [-0.2, 0) is 0 Å². The molecule has 0 bridgehead atoms. The summed E-state index contributed by atoms with van der Waals surface area (Å²) in [6, 6.07) is 25.0. The summed E-state index contributed by atoms with van der Waals surface area (Å²) in [7, 11) is 0. The zero-order valence-corrected chi connectivity index (χ0v) is 17.2. The first kappa shape index (κ1) is 20.1. The van der Waals surface area contributed by atoms with Crippen molar-refractivity contribution in [3.05, 3.63) is 107 Å². The number of nitro groups is 1. The number of non-ortho nitro benzene ring substituents is 1. The van der Waals surface area contributed by atoms with Gasteiger partial charge in [-0.1, -0.05) is 48.5 Å². The number of carbonyl (C=O) groups is 1. The lowest BCUT2D eigenvalue weighted by atomic mass is 10.0. The molecule has 0 unspecified atom stereocenters. The quantitative estimate of drug-likeness (QED) is 0.281. The summed E-state index contributed by atoms with van der Waals surface area (Å²) >= 11 is 0. The van der Waals surface area contributed by atoms with Crippen molar-refractivity contribution in [3.8, 4) is 22.5 Å². The number of rotatable bonds is 5. The van der Waals surface area contributed by atoms with Gasteiger partial charge in [-0.15, -0.1) is 0 Å². The zero-order chi connectivity index (χ0) is 22.8. The Morgan fingerprint density at radius 3 is 2.39 bits per heavy atom. The molecule has 0 aliphatic heterocycles. The summed E-state index contributed by atoms with van der Waals surface area (Å²) in [5, 5.41) is 14.4. The molecule has 3 aromatic carbocycles. The first-order valence-electron chi connectivity index (χ1n) is 10.1. The van der Waals surface area contributed by atoms with E-state index in [-0.39, 0.29) is 17.5 Å². The smallest absolute Gasteiger partial charge is 0.269 e. The highest BCUT2D eigenvalue weighted by atomic mass is 16.6. The van der Waals surface area contributed by atoms with Crippen LogP contribution in [0.15, 0.2) is 91.1 Å². The Morgan fingerprint density at radius 1 is 0.909 bits per heavy atom. The van der Waals surface area contributed by atoms with E-state index in [0.29, 0.717) is 22.5 Å². The molecule has 8 heteroatoms. The van der Waals surface area contributed by atoms with Gasteiger partial charge in [-0.05, 0) is 24.3 Å². The third-order valence-corrected chi connectivity index (χ3v) is 5.23. The number of fused-ring (bicyclic) bond motifs is 1. The van der Waals surface area contributed by atoms with Crippen molar-refractivity contribution in [1.29, 1.82) is 0 Å². The number of para-hydroxylation sites is 1. The number of anilines is 1. The molecule has 0 saturated heterocycles. The number of aromatic amines is 1. The summed E-state index contributed by atoms with van der Waals surface area (Å²) in [6.45, 7) is 0. The monoisotopic (exact) mass is 435 g/mol. The topological polar surface area (TPSA) is 114 Å². The molecule has 2 heterocycles. The molecular formula is C25H17N5O3. The second kappa shape index (κ2) is 8.35. The van der Waals surface area contributed by atoms with Crippen LogP contribution in [0, 0.1) is 10.1 Å². The Bertz CT molecular complexity index is 1480. The zero-order valence-electron chi connectivity index (χ0n) is 17.2. The van der Waals surface area contributed by atoms with E-state index in [2.05, 4.69) is 15.3 Å². The van der Waals surface area contributed by atoms with Gasteiger partial charge in [-0.2, -0.15) is 0 Å². The molecule has 0 saturated carbocycles. The number of nitrogens with zero attached hydrogens (tertiary/aromatic N) is 3. The number of benzene rings is 3. The lowest BCUT2D eigenvalue weighted by Crippen LogP contribution is -2.14. The molecule has 2 N–H and O–H groups in total. The summed E-state index contributed by atoms with van der Waals surface area (Å²) in [5.74, 6) is -0.0501. The van der Waals surface area contributed by atoms with E-state index in [1.165, 1.54) is 12.1 Å². The van der Waals surface area contributed by atoms with Crippen LogP contribution in [0.25, 0.3) is 33.4 Å². The molecule has 2 aromatic heterocycles. The van der Waals surface area contributed by atoms with Gasteiger partial charge < -0.3 is 4.98 Å². The van der Waals surface area contributed by atoms with Crippen molar-refractivity contribution in [2.45, 2.75) is 0 Å². The average Bonchev–Trinajstić information content (AvgIpc) is 3.32. The molecule has 0 spiro atoms. The average molecular weight is 435 g/mol. The van der Waals surface area contributed by atoms with Gasteiger partial charge in [0.15, 0.2) is 0 Å². The second-order valence-corrected chi connectivity index (χ2v) is 7.34. The molecule has 33 heavy (non-hydrogen) atoms. The maximum atomic E-state index is 13.2. The van der Waals surface area contributed by atoms with Gasteiger partial charge in [0, 0.05) is 28.6 Å². The van der Waals surface area contributed by atoms with Gasteiger partial charge in [0.05, 0.1) is 33.6 Å².